The van der Waals surface area contributed by atoms with Gasteiger partial charge >= 0.3 is 0 Å². The third-order valence-electron chi connectivity index (χ3n) is 9.34. The molecule has 0 aromatic carbocycles. The lowest BCUT2D eigenvalue weighted by Gasteiger charge is -2.34. The summed E-state index contributed by atoms with van der Waals surface area (Å²) < 4.78 is 0. The Morgan fingerprint density at radius 2 is 0.488 bits per heavy atom. The largest absolute Gasteiger partial charge is 0.376 e. The van der Waals surface area contributed by atoms with Gasteiger partial charge in [0, 0.05) is 13.1 Å². The van der Waals surface area contributed by atoms with Crippen LogP contribution in [0.15, 0.2) is 0 Å². The Morgan fingerprint density at radius 3 is 0.659 bits per heavy atom. The molecule has 2 heteroatoms. The molecule has 0 bridgehead atoms. The molecule has 0 saturated heterocycles. The van der Waals surface area contributed by atoms with Crippen LogP contribution in [0.2, 0.25) is 0 Å². The summed E-state index contributed by atoms with van der Waals surface area (Å²) in [6, 6.07) is 0. The third kappa shape index (κ3) is 32.7. The highest BCUT2D eigenvalue weighted by molar-refractivity contribution is 4.70. The van der Waals surface area contributed by atoms with E-state index in [-0.39, 0.29) is 0 Å². The Kier molecular flexibility index (Phi) is 32.8. The number of rotatable bonds is 35. The van der Waals surface area contributed by atoms with E-state index in [1.807, 2.05) is 13.8 Å². The highest BCUT2D eigenvalue weighted by Crippen LogP contribution is 2.18. The maximum Gasteiger partial charge on any atom is 0.112 e. The fourth-order valence-corrected chi connectivity index (χ4v) is 6.36. The smallest absolute Gasteiger partial charge is 0.112 e. The van der Waals surface area contributed by atoms with Crippen molar-refractivity contribution in [3.63, 3.8) is 0 Å². The zero-order chi connectivity index (χ0) is 30.1. The van der Waals surface area contributed by atoms with Gasteiger partial charge in [-0.3, -0.25) is 4.90 Å². The Morgan fingerprint density at radius 1 is 0.317 bits per heavy atom. The molecular formula is C39H81NO. The minimum absolute atomic E-state index is 0.676. The van der Waals surface area contributed by atoms with Crippen molar-refractivity contribution in [2.45, 2.75) is 239 Å². The summed E-state index contributed by atoms with van der Waals surface area (Å²) in [6.07, 6.45) is 45.3. The van der Waals surface area contributed by atoms with Gasteiger partial charge in [-0.2, -0.15) is 0 Å². The molecule has 0 atom stereocenters. The fraction of sp³-hybridized carbons (Fsp3) is 1.00. The second-order valence-electron chi connectivity index (χ2n) is 14.1. The number of hydrogen-bond acceptors (Lipinski definition) is 2. The zero-order valence-electron chi connectivity index (χ0n) is 29.4. The van der Waals surface area contributed by atoms with Crippen molar-refractivity contribution < 1.29 is 5.11 Å². The van der Waals surface area contributed by atoms with Crippen molar-refractivity contribution in [2.24, 2.45) is 0 Å². The van der Waals surface area contributed by atoms with E-state index in [0.29, 0.717) is 0 Å². The first-order valence-electron chi connectivity index (χ1n) is 19.5. The highest BCUT2D eigenvalue weighted by atomic mass is 16.3. The van der Waals surface area contributed by atoms with Gasteiger partial charge in [-0.15, -0.1) is 0 Å². The summed E-state index contributed by atoms with van der Waals surface area (Å²) in [5.74, 6) is 0. The molecule has 0 spiro atoms. The second kappa shape index (κ2) is 32.8. The zero-order valence-corrected chi connectivity index (χ0v) is 29.4. The Hall–Kier alpha value is -0.0800. The van der Waals surface area contributed by atoms with Gasteiger partial charge in [0.05, 0.1) is 0 Å². The molecule has 2 nitrogen and oxygen atoms in total. The van der Waals surface area contributed by atoms with Crippen LogP contribution in [0.5, 0.6) is 0 Å². The first-order chi connectivity index (χ1) is 20.0. The van der Waals surface area contributed by atoms with Crippen molar-refractivity contribution in [1.29, 1.82) is 0 Å². The quantitative estimate of drug-likeness (QED) is 0.0596. The summed E-state index contributed by atoms with van der Waals surface area (Å²) in [5.41, 5.74) is -0.676. The maximum absolute atomic E-state index is 10.7. The fourth-order valence-electron chi connectivity index (χ4n) is 6.36. The molecule has 0 saturated carbocycles. The minimum Gasteiger partial charge on any atom is -0.376 e. The van der Waals surface area contributed by atoms with Gasteiger partial charge in [0.2, 0.25) is 0 Å². The molecule has 41 heavy (non-hydrogen) atoms. The number of aliphatic hydroxyl groups is 1. The maximum atomic E-state index is 10.7. The number of nitrogens with zero attached hydrogens (tertiary/aromatic N) is 1. The van der Waals surface area contributed by atoms with Crippen LogP contribution in [0.1, 0.15) is 233 Å². The van der Waals surface area contributed by atoms with Crippen LogP contribution in [-0.2, 0) is 0 Å². The predicted octanol–water partition coefficient (Wildman–Crippen LogP) is 13.5. The standard InChI is InChI=1S/C39H81NO/c1-5-7-9-11-13-15-17-19-21-23-25-27-29-31-33-35-37-40(39(3,4)41)38-36-34-32-30-28-26-24-22-20-18-16-14-12-10-8-6-2/h41H,5-38H2,1-4H3. The van der Waals surface area contributed by atoms with Gasteiger partial charge < -0.3 is 5.11 Å². The predicted molar refractivity (Wildman–Crippen MR) is 187 cm³/mol. The molecule has 0 aromatic heterocycles. The number of hydrogen-bond donors (Lipinski definition) is 1. The van der Waals surface area contributed by atoms with Gasteiger partial charge in [0.15, 0.2) is 0 Å². The molecule has 0 aliphatic carbocycles. The van der Waals surface area contributed by atoms with Crippen molar-refractivity contribution in [1.82, 2.24) is 4.90 Å². The monoisotopic (exact) mass is 580 g/mol. The van der Waals surface area contributed by atoms with E-state index in [2.05, 4.69) is 18.7 Å². The van der Waals surface area contributed by atoms with Crippen LogP contribution >= 0.6 is 0 Å². The highest BCUT2D eigenvalue weighted by Gasteiger charge is 2.22. The van der Waals surface area contributed by atoms with Crippen molar-refractivity contribution in [3.05, 3.63) is 0 Å². The first kappa shape index (κ1) is 40.9. The molecule has 0 aliphatic heterocycles. The van der Waals surface area contributed by atoms with E-state index in [1.54, 1.807) is 0 Å². The van der Waals surface area contributed by atoms with Gasteiger partial charge in [0.1, 0.15) is 5.72 Å². The molecule has 0 heterocycles. The van der Waals surface area contributed by atoms with Crippen LogP contribution in [-0.4, -0.2) is 28.8 Å². The topological polar surface area (TPSA) is 23.5 Å². The molecule has 0 amide bonds. The average molecular weight is 580 g/mol. The van der Waals surface area contributed by atoms with Gasteiger partial charge in [-0.25, -0.2) is 0 Å². The SMILES string of the molecule is CCCCCCCCCCCCCCCCCCN(CCCCCCCCCCCCCCCCCC)C(C)(C)O. The van der Waals surface area contributed by atoms with Crippen molar-refractivity contribution in [2.75, 3.05) is 13.1 Å². The number of unbranched alkanes of at least 4 members (excludes halogenated alkanes) is 30. The van der Waals surface area contributed by atoms with E-state index >= 15 is 0 Å². The van der Waals surface area contributed by atoms with Crippen LogP contribution in [0.3, 0.4) is 0 Å². The van der Waals surface area contributed by atoms with Crippen molar-refractivity contribution >= 4 is 0 Å². The molecule has 1 N–H and O–H groups in total. The second-order valence-corrected chi connectivity index (χ2v) is 14.1. The average Bonchev–Trinajstić information content (AvgIpc) is 2.95. The molecule has 0 aromatic rings. The molecule has 0 unspecified atom stereocenters. The van der Waals surface area contributed by atoms with Crippen molar-refractivity contribution in [3.8, 4) is 0 Å². The van der Waals surface area contributed by atoms with Gasteiger partial charge in [-0.05, 0) is 26.7 Å². The van der Waals surface area contributed by atoms with Crippen LogP contribution in [0.4, 0.5) is 0 Å². The summed E-state index contributed by atoms with van der Waals surface area (Å²) in [7, 11) is 0. The lowest BCUT2D eigenvalue weighted by molar-refractivity contribution is -0.0795. The first-order valence-corrected chi connectivity index (χ1v) is 19.5. The summed E-state index contributed by atoms with van der Waals surface area (Å²) in [6.45, 7) is 10.7. The van der Waals surface area contributed by atoms with E-state index in [0.717, 1.165) is 13.1 Å². The molecular weight excluding hydrogens is 498 g/mol. The lowest BCUT2D eigenvalue weighted by Crippen LogP contribution is -2.44. The molecule has 0 fully saturated rings. The van der Waals surface area contributed by atoms with Crippen LogP contribution in [0, 0.1) is 0 Å². The molecule has 0 rings (SSSR count). The molecule has 0 radical (unpaired) electrons. The Labute approximate surface area is 261 Å². The Balaban J connectivity index is 3.49. The van der Waals surface area contributed by atoms with Gasteiger partial charge in [0.25, 0.3) is 0 Å². The van der Waals surface area contributed by atoms with E-state index < -0.39 is 5.72 Å². The Bertz CT molecular complexity index is 435. The lowest BCUT2D eigenvalue weighted by atomic mass is 10.0. The summed E-state index contributed by atoms with van der Waals surface area (Å²) in [4.78, 5) is 2.33. The minimum atomic E-state index is -0.676. The normalized spacial score (nSPS) is 12.1. The molecule has 248 valence electrons. The van der Waals surface area contributed by atoms with E-state index in [9.17, 15) is 5.11 Å². The van der Waals surface area contributed by atoms with E-state index in [4.69, 9.17) is 0 Å². The van der Waals surface area contributed by atoms with Crippen LogP contribution in [0.25, 0.3) is 0 Å². The van der Waals surface area contributed by atoms with Gasteiger partial charge in [-0.1, -0.05) is 206 Å². The summed E-state index contributed by atoms with van der Waals surface area (Å²) >= 11 is 0. The van der Waals surface area contributed by atoms with E-state index in [1.165, 1.54) is 205 Å². The van der Waals surface area contributed by atoms with Crippen LogP contribution < -0.4 is 0 Å². The third-order valence-corrected chi connectivity index (χ3v) is 9.34. The molecule has 0 aliphatic rings. The summed E-state index contributed by atoms with van der Waals surface area (Å²) in [5, 5.41) is 10.7.